The zero-order valence-corrected chi connectivity index (χ0v) is 24.2. The van der Waals surface area contributed by atoms with Gasteiger partial charge in [0.1, 0.15) is 27.9 Å². The van der Waals surface area contributed by atoms with Crippen LogP contribution in [-0.2, 0) is 0 Å². The van der Waals surface area contributed by atoms with Gasteiger partial charge in [0.05, 0.1) is 0 Å². The molecule has 0 spiro atoms. The molecule has 2 aliphatic rings. The lowest BCUT2D eigenvalue weighted by Crippen LogP contribution is -2.47. The van der Waals surface area contributed by atoms with E-state index in [0.29, 0.717) is 0 Å². The van der Waals surface area contributed by atoms with E-state index in [1.54, 1.807) is 12.1 Å². The number of halogens is 3. The van der Waals surface area contributed by atoms with Crippen LogP contribution in [0.4, 0.5) is 10.1 Å². The molecule has 0 aromatic heterocycles. The molecule has 5 nitrogen and oxygen atoms in total. The Kier molecular flexibility index (Phi) is 8.41. The molecule has 40 heavy (non-hydrogen) atoms. The normalized spacial score (nSPS) is 17.7. The van der Waals surface area contributed by atoms with Crippen molar-refractivity contribution in [2.75, 3.05) is 37.6 Å². The first-order valence-electron chi connectivity index (χ1n) is 13.5. The highest BCUT2D eigenvalue weighted by Crippen LogP contribution is 2.43. The SMILES string of the molecule is CC1(C)CCC(CN2CCN(c3ccc(C(=O)O)c(Oc4cccc(F)c4Cl)c3)CC2)=C(c2ccc(Cl)cc2)C1. The third-order valence-corrected chi connectivity index (χ3v) is 8.48. The second kappa shape index (κ2) is 11.8. The van der Waals surface area contributed by atoms with Gasteiger partial charge in [0.15, 0.2) is 0 Å². The Morgan fingerprint density at radius 1 is 1.00 bits per heavy atom. The number of carbonyl (C=O) groups is 1. The third-order valence-electron chi connectivity index (χ3n) is 7.86. The van der Waals surface area contributed by atoms with Gasteiger partial charge in [0.25, 0.3) is 0 Å². The molecule has 3 aromatic carbocycles. The quantitative estimate of drug-likeness (QED) is 0.303. The Bertz CT molecular complexity index is 1430. The van der Waals surface area contributed by atoms with Crippen LogP contribution < -0.4 is 9.64 Å². The number of anilines is 1. The van der Waals surface area contributed by atoms with Gasteiger partial charge in [-0.2, -0.15) is 0 Å². The lowest BCUT2D eigenvalue weighted by Gasteiger charge is -2.39. The molecule has 0 atom stereocenters. The number of nitrogens with zero attached hydrogens (tertiary/aromatic N) is 2. The van der Waals surface area contributed by atoms with Crippen molar-refractivity contribution in [3.8, 4) is 11.5 Å². The maximum absolute atomic E-state index is 13.9. The van der Waals surface area contributed by atoms with Crippen LogP contribution in [0, 0.1) is 11.2 Å². The van der Waals surface area contributed by atoms with E-state index in [0.717, 1.165) is 56.3 Å². The predicted octanol–water partition coefficient (Wildman–Crippen LogP) is 8.41. The van der Waals surface area contributed by atoms with E-state index in [9.17, 15) is 14.3 Å². The number of benzene rings is 3. The van der Waals surface area contributed by atoms with Crippen LogP contribution in [0.15, 0.2) is 66.2 Å². The van der Waals surface area contributed by atoms with Crippen molar-refractivity contribution in [1.82, 2.24) is 4.90 Å². The summed E-state index contributed by atoms with van der Waals surface area (Å²) in [5.41, 5.74) is 5.32. The fourth-order valence-electron chi connectivity index (χ4n) is 5.55. The molecule has 0 bridgehead atoms. The predicted molar refractivity (Wildman–Crippen MR) is 160 cm³/mol. The first-order valence-corrected chi connectivity index (χ1v) is 14.3. The minimum Gasteiger partial charge on any atom is -0.478 e. The van der Waals surface area contributed by atoms with Crippen molar-refractivity contribution in [1.29, 1.82) is 0 Å². The number of rotatable bonds is 7. The average Bonchev–Trinajstić information content (AvgIpc) is 2.93. The van der Waals surface area contributed by atoms with Crippen molar-refractivity contribution in [2.24, 2.45) is 5.41 Å². The molecule has 0 unspecified atom stereocenters. The second-order valence-corrected chi connectivity index (χ2v) is 12.1. The summed E-state index contributed by atoms with van der Waals surface area (Å²) in [6.07, 6.45) is 3.32. The summed E-state index contributed by atoms with van der Waals surface area (Å²) < 4.78 is 19.8. The van der Waals surface area contributed by atoms with E-state index in [1.807, 2.05) is 12.1 Å². The standard InChI is InChI=1S/C32H33Cl2FN2O3/c1-32(2)13-12-22(26(19-32)21-6-8-23(33)9-7-21)20-36-14-16-37(17-15-36)24-10-11-25(31(38)39)29(18-24)40-28-5-3-4-27(35)30(28)34/h3-11,18H,12-17,19-20H2,1-2H3,(H,38,39). The molecule has 3 aromatic rings. The lowest BCUT2D eigenvalue weighted by molar-refractivity contribution is 0.0694. The van der Waals surface area contributed by atoms with E-state index in [1.165, 1.54) is 47.4 Å². The van der Waals surface area contributed by atoms with E-state index >= 15 is 0 Å². The van der Waals surface area contributed by atoms with Gasteiger partial charge in [0, 0.05) is 49.5 Å². The van der Waals surface area contributed by atoms with Crippen molar-refractivity contribution < 1.29 is 19.0 Å². The number of hydrogen-bond acceptors (Lipinski definition) is 4. The minimum absolute atomic E-state index is 0.00963. The highest BCUT2D eigenvalue weighted by Gasteiger charge is 2.29. The summed E-state index contributed by atoms with van der Waals surface area (Å²) in [6.45, 7) is 8.97. The van der Waals surface area contributed by atoms with Gasteiger partial charge in [0.2, 0.25) is 0 Å². The first kappa shape index (κ1) is 28.5. The largest absolute Gasteiger partial charge is 0.478 e. The van der Waals surface area contributed by atoms with Crippen LogP contribution in [-0.4, -0.2) is 48.7 Å². The number of hydrogen-bond donors (Lipinski definition) is 1. The van der Waals surface area contributed by atoms with Crippen LogP contribution in [0.25, 0.3) is 5.57 Å². The smallest absolute Gasteiger partial charge is 0.339 e. The molecule has 0 amide bonds. The van der Waals surface area contributed by atoms with E-state index in [4.69, 9.17) is 27.9 Å². The fourth-order valence-corrected chi connectivity index (χ4v) is 5.84. The van der Waals surface area contributed by atoms with Crippen molar-refractivity contribution >= 4 is 40.4 Å². The zero-order chi connectivity index (χ0) is 28.4. The molecule has 0 radical (unpaired) electrons. The monoisotopic (exact) mass is 582 g/mol. The molecule has 1 aliphatic heterocycles. The Morgan fingerprint density at radius 2 is 1.73 bits per heavy atom. The summed E-state index contributed by atoms with van der Waals surface area (Å²) in [5.74, 6) is -1.55. The summed E-state index contributed by atoms with van der Waals surface area (Å²) in [6, 6.07) is 17.4. The highest BCUT2D eigenvalue weighted by molar-refractivity contribution is 6.32. The van der Waals surface area contributed by atoms with Gasteiger partial charge < -0.3 is 14.7 Å². The molecule has 210 valence electrons. The van der Waals surface area contributed by atoms with Gasteiger partial charge in [-0.25, -0.2) is 9.18 Å². The molecule has 8 heteroatoms. The molecular weight excluding hydrogens is 550 g/mol. The topological polar surface area (TPSA) is 53.0 Å². The van der Waals surface area contributed by atoms with Crippen molar-refractivity contribution in [3.63, 3.8) is 0 Å². The number of carboxylic acid groups (broad SMARTS) is 1. The van der Waals surface area contributed by atoms with Crippen LogP contribution >= 0.6 is 23.2 Å². The van der Waals surface area contributed by atoms with Gasteiger partial charge in [-0.1, -0.05) is 60.8 Å². The Balaban J connectivity index is 1.31. The molecule has 1 fully saturated rings. The van der Waals surface area contributed by atoms with Crippen molar-refractivity contribution in [3.05, 3.63) is 93.2 Å². The molecule has 0 saturated carbocycles. The number of aromatic carboxylic acids is 1. The minimum atomic E-state index is -1.13. The first-order chi connectivity index (χ1) is 19.1. The van der Waals surface area contributed by atoms with Crippen LogP contribution in [0.1, 0.15) is 49.0 Å². The highest BCUT2D eigenvalue weighted by atomic mass is 35.5. The van der Waals surface area contributed by atoms with Gasteiger partial charge >= 0.3 is 5.97 Å². The van der Waals surface area contributed by atoms with Gasteiger partial charge in [-0.15, -0.1) is 0 Å². The van der Waals surface area contributed by atoms with E-state index in [-0.39, 0.29) is 27.5 Å². The maximum Gasteiger partial charge on any atom is 0.339 e. The van der Waals surface area contributed by atoms with Gasteiger partial charge in [-0.05, 0) is 72.2 Å². The molecule has 1 N–H and O–H groups in total. The van der Waals surface area contributed by atoms with E-state index in [2.05, 4.69) is 35.8 Å². The van der Waals surface area contributed by atoms with E-state index < -0.39 is 11.8 Å². The number of allylic oxidation sites excluding steroid dienone is 1. The summed E-state index contributed by atoms with van der Waals surface area (Å²) >= 11 is 12.2. The van der Waals surface area contributed by atoms with Crippen LogP contribution in [0.2, 0.25) is 10.0 Å². The van der Waals surface area contributed by atoms with Crippen LogP contribution in [0.3, 0.4) is 0 Å². The van der Waals surface area contributed by atoms with Gasteiger partial charge in [-0.3, -0.25) is 4.90 Å². The molecular formula is C32H33Cl2FN2O3. The van der Waals surface area contributed by atoms with Crippen molar-refractivity contribution in [2.45, 2.75) is 33.1 Å². The average molecular weight is 584 g/mol. The molecule has 1 saturated heterocycles. The number of carboxylic acids is 1. The molecule has 1 heterocycles. The Hall–Kier alpha value is -3.06. The maximum atomic E-state index is 13.9. The zero-order valence-electron chi connectivity index (χ0n) is 22.7. The lowest BCUT2D eigenvalue weighted by atomic mass is 9.72. The second-order valence-electron chi connectivity index (χ2n) is 11.3. The summed E-state index contributed by atoms with van der Waals surface area (Å²) in [4.78, 5) is 16.6. The summed E-state index contributed by atoms with van der Waals surface area (Å²) in [5, 5.41) is 10.3. The number of piperazine rings is 1. The Labute approximate surface area is 244 Å². The molecule has 5 rings (SSSR count). The third kappa shape index (κ3) is 6.46. The Morgan fingerprint density at radius 3 is 2.42 bits per heavy atom. The fraction of sp³-hybridized carbons (Fsp3) is 0.344. The summed E-state index contributed by atoms with van der Waals surface area (Å²) in [7, 11) is 0. The molecule has 1 aliphatic carbocycles. The number of ether oxygens (including phenoxy) is 1. The van der Waals surface area contributed by atoms with Crippen LogP contribution in [0.5, 0.6) is 11.5 Å².